The van der Waals surface area contributed by atoms with Gasteiger partial charge in [-0.25, -0.2) is 4.68 Å². The number of aromatic amines is 1. The zero-order chi connectivity index (χ0) is 24.2. The second-order valence-electron chi connectivity index (χ2n) is 9.11. The van der Waals surface area contributed by atoms with Gasteiger partial charge in [0.25, 0.3) is 5.56 Å². The van der Waals surface area contributed by atoms with Crippen LogP contribution in [0.4, 0.5) is 0 Å². The Morgan fingerprint density at radius 3 is 2.66 bits per heavy atom. The summed E-state index contributed by atoms with van der Waals surface area (Å²) in [6, 6.07) is 17.9. The van der Waals surface area contributed by atoms with Crippen LogP contribution in [0.3, 0.4) is 0 Å². The van der Waals surface area contributed by atoms with Crippen LogP contribution in [0.1, 0.15) is 68.6 Å². The normalized spacial score (nSPS) is 15.2. The molecule has 2 aromatic heterocycles. The number of fused-ring (bicyclic) bond motifs is 1. The zero-order valence-corrected chi connectivity index (χ0v) is 20.4. The van der Waals surface area contributed by atoms with Crippen molar-refractivity contribution in [1.82, 2.24) is 30.1 Å². The molecular weight excluding hydrogens is 440 g/mol. The monoisotopic (exact) mass is 472 g/mol. The van der Waals surface area contributed by atoms with Gasteiger partial charge in [0.15, 0.2) is 5.82 Å². The van der Waals surface area contributed by atoms with Gasteiger partial charge < -0.3 is 9.72 Å². The van der Waals surface area contributed by atoms with E-state index in [9.17, 15) is 4.79 Å². The molecule has 2 aromatic carbocycles. The van der Waals surface area contributed by atoms with Crippen molar-refractivity contribution in [2.45, 2.75) is 58.2 Å². The predicted octanol–water partition coefficient (Wildman–Crippen LogP) is 4.64. The van der Waals surface area contributed by atoms with Crippen molar-refractivity contribution in [2.24, 2.45) is 0 Å². The molecule has 8 nitrogen and oxygen atoms in total. The molecule has 2 heterocycles. The smallest absolute Gasteiger partial charge is 0.253 e. The second-order valence-corrected chi connectivity index (χ2v) is 9.11. The number of hydrogen-bond acceptors (Lipinski definition) is 6. The largest absolute Gasteiger partial charge is 0.494 e. The maximum absolute atomic E-state index is 13.5. The van der Waals surface area contributed by atoms with Gasteiger partial charge in [0.2, 0.25) is 0 Å². The van der Waals surface area contributed by atoms with E-state index in [2.05, 4.69) is 44.5 Å². The molecular formula is C27H32N6O2. The Hall–Kier alpha value is -3.52. The second kappa shape index (κ2) is 10.4. The van der Waals surface area contributed by atoms with E-state index in [1.54, 1.807) is 0 Å². The number of benzene rings is 2. The third kappa shape index (κ3) is 4.84. The van der Waals surface area contributed by atoms with Gasteiger partial charge in [0.1, 0.15) is 11.8 Å². The van der Waals surface area contributed by atoms with Crippen molar-refractivity contribution in [3.63, 3.8) is 0 Å². The molecule has 1 N–H and O–H groups in total. The molecule has 182 valence electrons. The molecule has 1 atom stereocenters. The van der Waals surface area contributed by atoms with Crippen molar-refractivity contribution < 1.29 is 4.74 Å². The lowest BCUT2D eigenvalue weighted by Gasteiger charge is -2.30. The fourth-order valence-electron chi connectivity index (χ4n) is 5.15. The average Bonchev–Trinajstić information content (AvgIpc) is 3.57. The van der Waals surface area contributed by atoms with Crippen LogP contribution < -0.4 is 10.3 Å². The van der Waals surface area contributed by atoms with Crippen molar-refractivity contribution in [3.8, 4) is 5.75 Å². The van der Waals surface area contributed by atoms with Crippen LogP contribution in [0.2, 0.25) is 0 Å². The Kier molecular flexibility index (Phi) is 6.90. The predicted molar refractivity (Wildman–Crippen MR) is 135 cm³/mol. The number of pyridine rings is 1. The molecule has 4 aromatic rings. The summed E-state index contributed by atoms with van der Waals surface area (Å²) in [5.74, 6) is 1.50. The maximum atomic E-state index is 13.5. The molecule has 0 bridgehead atoms. The van der Waals surface area contributed by atoms with Crippen molar-refractivity contribution in [1.29, 1.82) is 0 Å². The standard InChI is InChI=1S/C27H32N6O2/c1-3-32(18-19-10-6-5-7-11-19)25(26-29-30-31-33(26)21-12-8-9-13-21)23-17-20-16-22(35-4-2)14-15-24(20)28-27(23)34/h5-7,10-11,14-17,21,25H,3-4,8-9,12-13,18H2,1-2H3,(H,28,34)/t25-/m1/s1. The van der Waals surface area contributed by atoms with Crippen LogP contribution in [-0.4, -0.2) is 43.2 Å². The third-order valence-electron chi connectivity index (χ3n) is 6.88. The summed E-state index contributed by atoms with van der Waals surface area (Å²) in [6.07, 6.45) is 4.46. The van der Waals surface area contributed by atoms with Crippen molar-refractivity contribution in [2.75, 3.05) is 13.2 Å². The molecule has 0 saturated heterocycles. The van der Waals surface area contributed by atoms with Crippen LogP contribution in [0, 0.1) is 0 Å². The lowest BCUT2D eigenvalue weighted by molar-refractivity contribution is 0.210. The minimum absolute atomic E-state index is 0.126. The topological polar surface area (TPSA) is 88.9 Å². The van der Waals surface area contributed by atoms with E-state index in [0.29, 0.717) is 18.7 Å². The van der Waals surface area contributed by atoms with Gasteiger partial charge in [0.05, 0.1) is 12.6 Å². The Bertz CT molecular complexity index is 1330. The van der Waals surface area contributed by atoms with Crippen LogP contribution in [-0.2, 0) is 6.54 Å². The first-order valence-corrected chi connectivity index (χ1v) is 12.5. The van der Waals surface area contributed by atoms with Crippen LogP contribution >= 0.6 is 0 Å². The minimum atomic E-state index is -0.389. The molecule has 0 unspecified atom stereocenters. The minimum Gasteiger partial charge on any atom is -0.494 e. The van der Waals surface area contributed by atoms with Gasteiger partial charge in [-0.1, -0.05) is 50.1 Å². The summed E-state index contributed by atoms with van der Waals surface area (Å²) in [7, 11) is 0. The average molecular weight is 473 g/mol. The van der Waals surface area contributed by atoms with E-state index < -0.39 is 0 Å². The summed E-state index contributed by atoms with van der Waals surface area (Å²) in [5.41, 5.74) is 2.47. The molecule has 5 rings (SSSR count). The molecule has 8 heteroatoms. The van der Waals surface area contributed by atoms with Gasteiger partial charge in [-0.2, -0.15) is 0 Å². The molecule has 0 aliphatic heterocycles. The first-order chi connectivity index (χ1) is 17.2. The first-order valence-electron chi connectivity index (χ1n) is 12.5. The van der Waals surface area contributed by atoms with Crippen molar-refractivity contribution >= 4 is 10.9 Å². The SMILES string of the molecule is CCOc1ccc2[nH]c(=O)c([C@H](c3nnnn3C3CCCC3)N(CC)Cc3ccccc3)cc2c1. The lowest BCUT2D eigenvalue weighted by Crippen LogP contribution is -2.35. The summed E-state index contributed by atoms with van der Waals surface area (Å²) in [4.78, 5) is 18.9. The third-order valence-corrected chi connectivity index (χ3v) is 6.88. The van der Waals surface area contributed by atoms with Gasteiger partial charge in [0, 0.05) is 23.0 Å². The Morgan fingerprint density at radius 1 is 1.11 bits per heavy atom. The maximum Gasteiger partial charge on any atom is 0.253 e. The quantitative estimate of drug-likeness (QED) is 0.382. The number of H-pyrrole nitrogens is 1. The van der Waals surface area contributed by atoms with Crippen molar-refractivity contribution in [3.05, 3.63) is 81.9 Å². The molecule has 1 aliphatic carbocycles. The van der Waals surface area contributed by atoms with E-state index in [-0.39, 0.29) is 17.6 Å². The molecule has 1 saturated carbocycles. The van der Waals surface area contributed by atoms with Gasteiger partial charge >= 0.3 is 0 Å². The molecule has 35 heavy (non-hydrogen) atoms. The van der Waals surface area contributed by atoms with Gasteiger partial charge in [-0.05, 0) is 66.6 Å². The lowest BCUT2D eigenvalue weighted by atomic mass is 10.0. The highest BCUT2D eigenvalue weighted by Crippen LogP contribution is 2.34. The highest BCUT2D eigenvalue weighted by atomic mass is 16.5. The van der Waals surface area contributed by atoms with E-state index in [1.165, 1.54) is 18.4 Å². The van der Waals surface area contributed by atoms with Crippen LogP contribution in [0.15, 0.2) is 59.4 Å². The molecule has 0 spiro atoms. The summed E-state index contributed by atoms with van der Waals surface area (Å²) in [6.45, 7) is 6.07. The van der Waals surface area contributed by atoms with E-state index in [0.717, 1.165) is 41.9 Å². The first kappa shape index (κ1) is 23.2. The summed E-state index contributed by atoms with van der Waals surface area (Å²) < 4.78 is 7.68. The number of ether oxygens (including phenoxy) is 1. The highest BCUT2D eigenvalue weighted by Gasteiger charge is 2.32. The summed E-state index contributed by atoms with van der Waals surface area (Å²) >= 11 is 0. The van der Waals surface area contributed by atoms with Gasteiger partial charge in [-0.3, -0.25) is 9.69 Å². The fraction of sp³-hybridized carbons (Fsp3) is 0.407. The number of hydrogen-bond donors (Lipinski definition) is 1. The zero-order valence-electron chi connectivity index (χ0n) is 20.4. The van der Waals surface area contributed by atoms with Crippen LogP contribution in [0.25, 0.3) is 10.9 Å². The van der Waals surface area contributed by atoms with Gasteiger partial charge in [-0.15, -0.1) is 5.10 Å². The Morgan fingerprint density at radius 2 is 1.91 bits per heavy atom. The van der Waals surface area contributed by atoms with E-state index in [4.69, 9.17) is 4.74 Å². The number of nitrogens with zero attached hydrogens (tertiary/aromatic N) is 5. The van der Waals surface area contributed by atoms with E-state index >= 15 is 0 Å². The Labute approximate surface area is 204 Å². The number of tetrazole rings is 1. The number of aromatic nitrogens is 5. The fourth-order valence-corrected chi connectivity index (χ4v) is 5.15. The number of rotatable bonds is 9. The molecule has 1 fully saturated rings. The molecule has 1 aliphatic rings. The van der Waals surface area contributed by atoms with E-state index in [1.807, 2.05) is 54.1 Å². The molecule has 0 amide bonds. The molecule has 0 radical (unpaired) electrons. The summed E-state index contributed by atoms with van der Waals surface area (Å²) in [5, 5.41) is 13.9. The number of nitrogens with one attached hydrogen (secondary N) is 1. The van der Waals surface area contributed by atoms with Crippen LogP contribution in [0.5, 0.6) is 5.75 Å². The highest BCUT2D eigenvalue weighted by molar-refractivity contribution is 5.80. The Balaban J connectivity index is 1.65.